The zero-order chi connectivity index (χ0) is 10.8. The summed E-state index contributed by atoms with van der Waals surface area (Å²) in [5, 5.41) is 9.71. The predicted octanol–water partition coefficient (Wildman–Crippen LogP) is -2.47. The molecule has 16 heavy (non-hydrogen) atoms. The molecule has 2 nitrogen and oxygen atoms in total. The Morgan fingerprint density at radius 2 is 2.31 bits per heavy atom. The zero-order valence-corrected chi connectivity index (χ0v) is 10.1. The Labute approximate surface area is 103 Å². The van der Waals surface area contributed by atoms with Gasteiger partial charge < -0.3 is 22.4 Å². The van der Waals surface area contributed by atoms with Crippen molar-refractivity contribution >= 4 is 0 Å². The van der Waals surface area contributed by atoms with E-state index in [-0.39, 0.29) is 12.4 Å². The third-order valence-corrected chi connectivity index (χ3v) is 3.22. The average Bonchev–Trinajstić information content (AvgIpc) is 2.63. The summed E-state index contributed by atoms with van der Waals surface area (Å²) in [5.74, 6) is 3.12. The lowest BCUT2D eigenvalue weighted by Crippen LogP contribution is -3.09. The highest BCUT2D eigenvalue weighted by Crippen LogP contribution is 2.34. The molecule has 0 fully saturated rings. The molecule has 0 spiro atoms. The normalized spacial score (nSPS) is 19.4. The summed E-state index contributed by atoms with van der Waals surface area (Å²) in [4.78, 5) is 1.34. The first-order chi connectivity index (χ1) is 7.24. The Morgan fingerprint density at radius 3 is 3.00 bits per heavy atom. The summed E-state index contributed by atoms with van der Waals surface area (Å²) in [5.41, 5.74) is 2.38. The molecule has 86 valence electrons. The molecule has 2 N–H and O–H groups in total. The number of aromatic hydroxyl groups is 1. The molecule has 1 aliphatic rings. The van der Waals surface area contributed by atoms with Gasteiger partial charge in [-0.3, -0.25) is 0 Å². The number of quaternary nitrogens is 1. The standard InChI is InChI=1S/C13H15NO.ClH/c1-3-9-14(2)12-8-7-11-10(12)5-4-6-13(11)15;/h1,4-6,12,15H,7-9H2,2H3;1H. The maximum absolute atomic E-state index is 9.71. The largest absolute Gasteiger partial charge is 1.00 e. The fourth-order valence-electron chi connectivity index (χ4n) is 2.43. The van der Waals surface area contributed by atoms with Crippen LogP contribution in [0.1, 0.15) is 23.6 Å². The van der Waals surface area contributed by atoms with Gasteiger partial charge in [0.15, 0.2) is 0 Å². The molecule has 2 unspecified atom stereocenters. The van der Waals surface area contributed by atoms with Gasteiger partial charge in [-0.05, 0) is 18.4 Å². The number of fused-ring (bicyclic) bond motifs is 1. The Hall–Kier alpha value is -1.17. The lowest BCUT2D eigenvalue weighted by Gasteiger charge is -2.19. The number of hydrogen-bond acceptors (Lipinski definition) is 1. The first-order valence-corrected chi connectivity index (χ1v) is 5.30. The fourth-order valence-corrected chi connectivity index (χ4v) is 2.43. The van der Waals surface area contributed by atoms with Crippen molar-refractivity contribution in [3.63, 3.8) is 0 Å². The summed E-state index contributed by atoms with van der Waals surface area (Å²) in [6.07, 6.45) is 7.38. The van der Waals surface area contributed by atoms with Crippen LogP contribution in [0.15, 0.2) is 18.2 Å². The molecular weight excluding hydrogens is 222 g/mol. The van der Waals surface area contributed by atoms with Crippen LogP contribution in [0.5, 0.6) is 5.75 Å². The monoisotopic (exact) mass is 237 g/mol. The number of benzene rings is 1. The number of phenolic OH excluding ortho intramolecular Hbond substituents is 1. The topological polar surface area (TPSA) is 24.7 Å². The molecule has 0 saturated carbocycles. The average molecular weight is 238 g/mol. The van der Waals surface area contributed by atoms with Crippen LogP contribution in [0.25, 0.3) is 0 Å². The van der Waals surface area contributed by atoms with Gasteiger partial charge in [0.2, 0.25) is 0 Å². The minimum absolute atomic E-state index is 0. The van der Waals surface area contributed by atoms with E-state index in [1.165, 1.54) is 10.5 Å². The highest BCUT2D eigenvalue weighted by Gasteiger charge is 2.30. The maximum Gasteiger partial charge on any atom is 0.139 e. The summed E-state index contributed by atoms with van der Waals surface area (Å²) < 4.78 is 0. The predicted molar refractivity (Wildman–Crippen MR) is 59.8 cm³/mol. The van der Waals surface area contributed by atoms with E-state index >= 15 is 0 Å². The number of halogens is 1. The van der Waals surface area contributed by atoms with Gasteiger partial charge in [-0.1, -0.05) is 12.1 Å². The van der Waals surface area contributed by atoms with Crippen molar-refractivity contribution < 1.29 is 22.4 Å². The smallest absolute Gasteiger partial charge is 0.139 e. The third kappa shape index (κ3) is 2.16. The SMILES string of the molecule is C#CC[NH+](C)C1CCc2c(O)cccc21.[Cl-]. The van der Waals surface area contributed by atoms with Crippen molar-refractivity contribution in [2.45, 2.75) is 18.9 Å². The molecule has 2 rings (SSSR count). The van der Waals surface area contributed by atoms with Crippen LogP contribution < -0.4 is 17.3 Å². The van der Waals surface area contributed by atoms with Gasteiger partial charge in [0.05, 0.1) is 7.05 Å². The van der Waals surface area contributed by atoms with Crippen molar-refractivity contribution in [1.29, 1.82) is 0 Å². The molecule has 0 radical (unpaired) electrons. The van der Waals surface area contributed by atoms with Gasteiger partial charge in [-0.15, -0.1) is 6.42 Å². The lowest BCUT2D eigenvalue weighted by atomic mass is 10.1. The second-order valence-corrected chi connectivity index (χ2v) is 4.16. The first-order valence-electron chi connectivity index (χ1n) is 5.30. The van der Waals surface area contributed by atoms with E-state index in [4.69, 9.17) is 6.42 Å². The number of terminal acetylenes is 1. The summed E-state index contributed by atoms with van der Waals surface area (Å²) in [6.45, 7) is 0.736. The molecule has 1 aliphatic carbocycles. The first kappa shape index (κ1) is 12.9. The fraction of sp³-hybridized carbons (Fsp3) is 0.385. The van der Waals surface area contributed by atoms with Crippen molar-refractivity contribution in [2.75, 3.05) is 13.6 Å². The van der Waals surface area contributed by atoms with E-state index in [0.29, 0.717) is 11.8 Å². The summed E-state index contributed by atoms with van der Waals surface area (Å²) in [6, 6.07) is 6.23. The molecule has 0 saturated heterocycles. The molecular formula is C13H16ClNO. The summed E-state index contributed by atoms with van der Waals surface area (Å²) in [7, 11) is 2.11. The summed E-state index contributed by atoms with van der Waals surface area (Å²) >= 11 is 0. The molecule has 0 bridgehead atoms. The van der Waals surface area contributed by atoms with Crippen molar-refractivity contribution in [3.05, 3.63) is 29.3 Å². The van der Waals surface area contributed by atoms with Gasteiger partial charge in [0, 0.05) is 17.5 Å². The van der Waals surface area contributed by atoms with Crippen molar-refractivity contribution in [3.8, 4) is 18.1 Å². The molecule has 3 heteroatoms. The van der Waals surface area contributed by atoms with Crippen LogP contribution in [0.3, 0.4) is 0 Å². The lowest BCUT2D eigenvalue weighted by molar-refractivity contribution is -0.904. The number of rotatable bonds is 2. The van der Waals surface area contributed by atoms with Crippen molar-refractivity contribution in [1.82, 2.24) is 0 Å². The van der Waals surface area contributed by atoms with Crippen LogP contribution in [0.2, 0.25) is 0 Å². The van der Waals surface area contributed by atoms with Gasteiger partial charge in [0.25, 0.3) is 0 Å². The maximum atomic E-state index is 9.71. The third-order valence-electron chi connectivity index (χ3n) is 3.22. The molecule has 0 aliphatic heterocycles. The molecule has 2 atom stereocenters. The molecule has 1 aromatic rings. The molecule has 0 aromatic heterocycles. The quantitative estimate of drug-likeness (QED) is 0.548. The van der Waals surface area contributed by atoms with Crippen LogP contribution in [-0.4, -0.2) is 18.7 Å². The van der Waals surface area contributed by atoms with Crippen LogP contribution >= 0.6 is 0 Å². The number of hydrogen-bond donors (Lipinski definition) is 2. The Kier molecular flexibility index (Phi) is 4.23. The minimum atomic E-state index is 0. The van der Waals surface area contributed by atoms with Gasteiger partial charge >= 0.3 is 0 Å². The van der Waals surface area contributed by atoms with E-state index in [1.807, 2.05) is 6.07 Å². The van der Waals surface area contributed by atoms with E-state index in [9.17, 15) is 5.11 Å². The zero-order valence-electron chi connectivity index (χ0n) is 9.33. The second kappa shape index (κ2) is 5.25. The van der Waals surface area contributed by atoms with E-state index in [0.717, 1.165) is 24.9 Å². The Morgan fingerprint density at radius 1 is 1.56 bits per heavy atom. The molecule has 0 heterocycles. The van der Waals surface area contributed by atoms with Gasteiger partial charge in [0.1, 0.15) is 18.3 Å². The molecule has 0 amide bonds. The highest BCUT2D eigenvalue weighted by atomic mass is 35.5. The van der Waals surface area contributed by atoms with Crippen LogP contribution in [0.4, 0.5) is 0 Å². The van der Waals surface area contributed by atoms with Crippen LogP contribution in [0, 0.1) is 12.3 Å². The van der Waals surface area contributed by atoms with E-state index < -0.39 is 0 Å². The Bertz CT molecular complexity index is 411. The van der Waals surface area contributed by atoms with Gasteiger partial charge in [-0.2, -0.15) is 0 Å². The van der Waals surface area contributed by atoms with Crippen LogP contribution in [-0.2, 0) is 6.42 Å². The van der Waals surface area contributed by atoms with Gasteiger partial charge in [-0.25, -0.2) is 0 Å². The number of nitrogens with one attached hydrogen (secondary N) is 1. The molecule has 1 aromatic carbocycles. The minimum Gasteiger partial charge on any atom is -1.00 e. The highest BCUT2D eigenvalue weighted by molar-refractivity contribution is 5.43. The Balaban J connectivity index is 0.00000128. The van der Waals surface area contributed by atoms with E-state index in [1.54, 1.807) is 6.07 Å². The van der Waals surface area contributed by atoms with E-state index in [2.05, 4.69) is 19.0 Å². The second-order valence-electron chi connectivity index (χ2n) is 4.16. The number of phenols is 1. The van der Waals surface area contributed by atoms with Crippen molar-refractivity contribution in [2.24, 2.45) is 0 Å².